The summed E-state index contributed by atoms with van der Waals surface area (Å²) in [5, 5.41) is 11.8. The van der Waals surface area contributed by atoms with Gasteiger partial charge in [-0.3, -0.25) is 0 Å². The van der Waals surface area contributed by atoms with Crippen LogP contribution in [0.2, 0.25) is 5.02 Å². The Hall–Kier alpha value is -2.61. The highest BCUT2D eigenvalue weighted by molar-refractivity contribution is 7.95. The SMILES string of the molecule is N#CC(=Cc1ccc2ccccc2c1)S(=O)(=O)c1ccc(Cl)cc1. The van der Waals surface area contributed by atoms with Crippen molar-refractivity contribution < 1.29 is 8.42 Å². The topological polar surface area (TPSA) is 57.9 Å². The minimum Gasteiger partial charge on any atom is -0.218 e. The van der Waals surface area contributed by atoms with Gasteiger partial charge in [0.05, 0.1) is 4.90 Å². The second kappa shape index (κ2) is 6.48. The van der Waals surface area contributed by atoms with Crippen molar-refractivity contribution in [1.82, 2.24) is 0 Å². The van der Waals surface area contributed by atoms with Gasteiger partial charge < -0.3 is 0 Å². The summed E-state index contributed by atoms with van der Waals surface area (Å²) in [5.74, 6) is 0. The molecule has 0 N–H and O–H groups in total. The first kappa shape index (κ1) is 16.3. The van der Waals surface area contributed by atoms with Crippen LogP contribution in [0, 0.1) is 11.3 Å². The van der Waals surface area contributed by atoms with Gasteiger partial charge in [-0.1, -0.05) is 48.0 Å². The smallest absolute Gasteiger partial charge is 0.216 e. The van der Waals surface area contributed by atoms with E-state index in [4.69, 9.17) is 11.6 Å². The summed E-state index contributed by atoms with van der Waals surface area (Å²) in [6.07, 6.45) is 1.39. The lowest BCUT2D eigenvalue weighted by atomic mass is 10.1. The van der Waals surface area contributed by atoms with Crippen LogP contribution in [-0.2, 0) is 9.84 Å². The number of nitriles is 1. The molecule has 0 bridgehead atoms. The van der Waals surface area contributed by atoms with Crippen LogP contribution in [-0.4, -0.2) is 8.42 Å². The largest absolute Gasteiger partial charge is 0.218 e. The van der Waals surface area contributed by atoms with Crippen LogP contribution in [0.1, 0.15) is 5.56 Å². The minimum atomic E-state index is -3.88. The maximum absolute atomic E-state index is 12.6. The molecule has 0 saturated carbocycles. The van der Waals surface area contributed by atoms with Crippen LogP contribution in [0.25, 0.3) is 16.8 Å². The van der Waals surface area contributed by atoms with Gasteiger partial charge in [-0.05, 0) is 52.7 Å². The number of nitrogens with zero attached hydrogens (tertiary/aromatic N) is 1. The first-order chi connectivity index (χ1) is 11.5. The first-order valence-corrected chi connectivity index (χ1v) is 8.98. The number of benzene rings is 3. The number of sulfone groups is 1. The van der Waals surface area contributed by atoms with Crippen LogP contribution < -0.4 is 0 Å². The van der Waals surface area contributed by atoms with Gasteiger partial charge in [-0.25, -0.2) is 8.42 Å². The van der Waals surface area contributed by atoms with Crippen molar-refractivity contribution in [3.63, 3.8) is 0 Å². The standard InChI is InChI=1S/C19H12ClNO2S/c20-17-7-9-18(10-8-17)24(22,23)19(13-21)12-14-5-6-15-3-1-2-4-16(15)11-14/h1-12H. The number of hydrogen-bond acceptors (Lipinski definition) is 3. The third-order valence-corrected chi connectivity index (χ3v) is 5.53. The van der Waals surface area contributed by atoms with Gasteiger partial charge >= 0.3 is 0 Å². The molecule has 3 rings (SSSR count). The van der Waals surface area contributed by atoms with Crippen LogP contribution in [0.4, 0.5) is 0 Å². The fourth-order valence-corrected chi connectivity index (χ4v) is 3.65. The second-order valence-corrected chi connectivity index (χ2v) is 7.54. The molecular formula is C19H12ClNO2S. The Bertz CT molecular complexity index is 1080. The summed E-state index contributed by atoms with van der Waals surface area (Å²) in [6.45, 7) is 0. The monoisotopic (exact) mass is 353 g/mol. The zero-order valence-corrected chi connectivity index (χ0v) is 14.1. The molecule has 3 aromatic carbocycles. The first-order valence-electron chi connectivity index (χ1n) is 7.12. The predicted molar refractivity (Wildman–Crippen MR) is 96.2 cm³/mol. The van der Waals surface area contributed by atoms with Crippen LogP contribution >= 0.6 is 11.6 Å². The number of fused-ring (bicyclic) bond motifs is 1. The molecule has 0 heterocycles. The van der Waals surface area contributed by atoms with E-state index in [1.807, 2.05) is 36.4 Å². The van der Waals surface area contributed by atoms with Gasteiger partial charge in [-0.15, -0.1) is 0 Å². The summed E-state index contributed by atoms with van der Waals surface area (Å²) in [5.41, 5.74) is 0.655. The Morgan fingerprint density at radius 3 is 2.29 bits per heavy atom. The van der Waals surface area contributed by atoms with Crippen molar-refractivity contribution in [2.75, 3.05) is 0 Å². The maximum Gasteiger partial charge on any atom is 0.216 e. The fraction of sp³-hybridized carbons (Fsp3) is 0. The molecule has 0 saturated heterocycles. The molecule has 0 atom stereocenters. The zero-order chi connectivity index (χ0) is 17.2. The van der Waals surface area contributed by atoms with Crippen LogP contribution in [0.3, 0.4) is 0 Å². The summed E-state index contributed by atoms with van der Waals surface area (Å²) < 4.78 is 25.2. The van der Waals surface area contributed by atoms with E-state index < -0.39 is 9.84 Å². The molecule has 0 aliphatic heterocycles. The normalized spacial score (nSPS) is 12.1. The molecule has 5 heteroatoms. The molecule has 0 unspecified atom stereocenters. The van der Waals surface area contributed by atoms with E-state index in [1.54, 1.807) is 12.1 Å². The minimum absolute atomic E-state index is 0.0421. The number of rotatable bonds is 3. The van der Waals surface area contributed by atoms with Crippen molar-refractivity contribution in [3.05, 3.63) is 82.2 Å². The van der Waals surface area contributed by atoms with Gasteiger partial charge in [0.1, 0.15) is 11.0 Å². The Labute approximate surface area is 145 Å². The highest BCUT2D eigenvalue weighted by Crippen LogP contribution is 2.24. The Morgan fingerprint density at radius 1 is 0.958 bits per heavy atom. The molecule has 118 valence electrons. The van der Waals surface area contributed by atoms with E-state index in [0.29, 0.717) is 10.6 Å². The highest BCUT2D eigenvalue weighted by atomic mass is 35.5. The number of hydrogen-bond donors (Lipinski definition) is 0. The summed E-state index contributed by atoms with van der Waals surface area (Å²) in [4.78, 5) is -0.263. The van der Waals surface area contributed by atoms with Crippen molar-refractivity contribution >= 4 is 38.3 Å². The molecule has 0 fully saturated rings. The Kier molecular flexibility index (Phi) is 4.39. The molecule has 0 amide bonds. The highest BCUT2D eigenvalue weighted by Gasteiger charge is 2.20. The summed E-state index contributed by atoms with van der Waals surface area (Å²) in [6, 6.07) is 20.8. The van der Waals surface area contributed by atoms with Crippen molar-refractivity contribution in [2.24, 2.45) is 0 Å². The van der Waals surface area contributed by atoms with Crippen LogP contribution in [0.15, 0.2) is 76.5 Å². The molecule has 0 aliphatic rings. The van der Waals surface area contributed by atoms with Gasteiger partial charge in [0.25, 0.3) is 0 Å². The Balaban J connectivity index is 2.07. The molecule has 24 heavy (non-hydrogen) atoms. The van der Waals surface area contributed by atoms with Gasteiger partial charge in [0.2, 0.25) is 9.84 Å². The molecule has 0 aliphatic carbocycles. The fourth-order valence-electron chi connectivity index (χ4n) is 2.36. The van der Waals surface area contributed by atoms with Crippen LogP contribution in [0.5, 0.6) is 0 Å². The molecule has 0 spiro atoms. The maximum atomic E-state index is 12.6. The molecule has 0 radical (unpaired) electrons. The van der Waals surface area contributed by atoms with Gasteiger partial charge in [0, 0.05) is 5.02 Å². The van der Waals surface area contributed by atoms with Gasteiger partial charge in [-0.2, -0.15) is 5.26 Å². The predicted octanol–water partition coefficient (Wildman–Crippen LogP) is 4.83. The van der Waals surface area contributed by atoms with Gasteiger partial charge in [0.15, 0.2) is 0 Å². The van der Waals surface area contributed by atoms with E-state index in [1.165, 1.54) is 30.3 Å². The number of allylic oxidation sites excluding steroid dienone is 1. The summed E-state index contributed by atoms with van der Waals surface area (Å²) >= 11 is 5.79. The zero-order valence-electron chi connectivity index (χ0n) is 12.5. The molecule has 3 nitrogen and oxygen atoms in total. The lowest BCUT2D eigenvalue weighted by Gasteiger charge is -2.04. The van der Waals surface area contributed by atoms with Crippen molar-refractivity contribution in [1.29, 1.82) is 5.26 Å². The van der Waals surface area contributed by atoms with E-state index in [9.17, 15) is 13.7 Å². The van der Waals surface area contributed by atoms with Crippen molar-refractivity contribution in [3.8, 4) is 6.07 Å². The average molecular weight is 354 g/mol. The van der Waals surface area contributed by atoms with E-state index >= 15 is 0 Å². The average Bonchev–Trinajstić information content (AvgIpc) is 2.59. The molecule has 0 aromatic heterocycles. The van der Waals surface area contributed by atoms with E-state index in [-0.39, 0.29) is 9.80 Å². The van der Waals surface area contributed by atoms with E-state index in [2.05, 4.69) is 0 Å². The lowest BCUT2D eigenvalue weighted by Crippen LogP contribution is -2.03. The Morgan fingerprint density at radius 2 is 1.62 bits per heavy atom. The molecule has 3 aromatic rings. The third-order valence-electron chi connectivity index (χ3n) is 3.59. The molecular weight excluding hydrogens is 342 g/mol. The van der Waals surface area contributed by atoms with E-state index in [0.717, 1.165) is 10.8 Å². The summed E-state index contributed by atoms with van der Waals surface area (Å²) in [7, 11) is -3.88. The second-order valence-electron chi connectivity index (χ2n) is 5.18. The number of halogens is 1. The lowest BCUT2D eigenvalue weighted by molar-refractivity contribution is 0.603. The third kappa shape index (κ3) is 3.18. The quantitative estimate of drug-likeness (QED) is 0.633. The van der Waals surface area contributed by atoms with Crippen molar-refractivity contribution in [2.45, 2.75) is 4.90 Å².